The number of fused-ring (bicyclic) bond motifs is 6. The fourth-order valence-electron chi connectivity index (χ4n) is 6.51. The van der Waals surface area contributed by atoms with Crippen molar-refractivity contribution in [2.75, 3.05) is 5.73 Å². The van der Waals surface area contributed by atoms with Gasteiger partial charge in [-0.25, -0.2) is 0 Å². The van der Waals surface area contributed by atoms with Gasteiger partial charge in [-0.05, 0) is 82.3 Å². The molecular formula is C51H41BrNS2+. The third-order valence-corrected chi connectivity index (χ3v) is 12.0. The number of hydrogen-bond donors (Lipinski definition) is 1. The molecule has 10 rings (SSSR count). The molecule has 2 N–H and O–H groups in total. The first-order valence-electron chi connectivity index (χ1n) is 18.5. The summed E-state index contributed by atoms with van der Waals surface area (Å²) in [6.07, 6.45) is 10.2. The highest BCUT2D eigenvalue weighted by Gasteiger charge is 2.17. The minimum atomic E-state index is 0.805. The maximum Gasteiger partial charge on any atom is 0.148 e. The van der Waals surface area contributed by atoms with Gasteiger partial charge in [0.1, 0.15) is 22.6 Å². The van der Waals surface area contributed by atoms with Crippen molar-refractivity contribution in [3.63, 3.8) is 0 Å². The molecule has 0 spiro atoms. The molecule has 9 aromatic rings. The minimum Gasteiger partial charge on any atom is -0.399 e. The van der Waals surface area contributed by atoms with Crippen LogP contribution in [0.3, 0.4) is 0 Å². The van der Waals surface area contributed by atoms with Gasteiger partial charge in [-0.2, -0.15) is 0 Å². The average Bonchev–Trinajstić information content (AvgIpc) is 3.81. The molecule has 7 aromatic carbocycles. The number of nitrogens with two attached hydrogens (primary N) is 1. The topological polar surface area (TPSA) is 26.0 Å². The van der Waals surface area contributed by atoms with Crippen LogP contribution in [0, 0.1) is 6.08 Å². The van der Waals surface area contributed by atoms with Crippen molar-refractivity contribution in [1.82, 2.24) is 0 Å². The molecule has 0 fully saturated rings. The second-order valence-corrected chi connectivity index (χ2v) is 15.9. The van der Waals surface area contributed by atoms with Crippen LogP contribution in [0.25, 0.3) is 64.7 Å². The van der Waals surface area contributed by atoms with Gasteiger partial charge in [0.15, 0.2) is 0 Å². The Morgan fingerprint density at radius 2 is 1.05 bits per heavy atom. The highest BCUT2D eigenvalue weighted by Crippen LogP contribution is 2.37. The molecule has 1 nitrogen and oxygen atoms in total. The molecule has 0 saturated carbocycles. The van der Waals surface area contributed by atoms with Gasteiger partial charge >= 0.3 is 0 Å². The predicted octanol–water partition coefficient (Wildman–Crippen LogP) is 15.8. The summed E-state index contributed by atoms with van der Waals surface area (Å²) >= 11 is 7.19. The fraction of sp³-hybridized carbons (Fsp3) is 0.0588. The van der Waals surface area contributed by atoms with Crippen molar-refractivity contribution in [2.24, 2.45) is 0 Å². The van der Waals surface area contributed by atoms with E-state index in [1.165, 1.54) is 74.1 Å². The first-order valence-corrected chi connectivity index (χ1v) is 20.9. The monoisotopic (exact) mass is 810 g/mol. The minimum absolute atomic E-state index is 0.805. The molecule has 2 heterocycles. The third kappa shape index (κ3) is 9.20. The third-order valence-electron chi connectivity index (χ3n) is 9.21. The van der Waals surface area contributed by atoms with E-state index in [1.807, 2.05) is 91.1 Å². The van der Waals surface area contributed by atoms with Crippen molar-refractivity contribution < 1.29 is 0 Å². The van der Waals surface area contributed by atoms with Crippen molar-refractivity contribution in [3.05, 3.63) is 208 Å². The number of allylic oxidation sites excluding steroid dienone is 2. The van der Waals surface area contributed by atoms with E-state index in [-0.39, 0.29) is 0 Å². The van der Waals surface area contributed by atoms with Crippen molar-refractivity contribution >= 4 is 86.7 Å². The molecule has 4 heteroatoms. The summed E-state index contributed by atoms with van der Waals surface area (Å²) < 4.78 is 5.21. The number of halogens is 1. The first-order chi connectivity index (χ1) is 27.1. The zero-order valence-corrected chi connectivity index (χ0v) is 34.1. The summed E-state index contributed by atoms with van der Waals surface area (Å²) in [4.78, 5) is 1.31. The fourth-order valence-corrected chi connectivity index (χ4v) is 9.32. The Hall–Kier alpha value is -5.61. The molecular weight excluding hydrogens is 771 g/mol. The van der Waals surface area contributed by atoms with Crippen molar-refractivity contribution in [3.8, 4) is 22.3 Å². The zero-order valence-electron chi connectivity index (χ0n) is 30.9. The van der Waals surface area contributed by atoms with E-state index < -0.39 is 0 Å². The summed E-state index contributed by atoms with van der Waals surface area (Å²) in [7, 11) is 0. The summed E-state index contributed by atoms with van der Waals surface area (Å²) in [6.45, 7) is 4.00. The van der Waals surface area contributed by atoms with E-state index in [4.69, 9.17) is 5.73 Å². The maximum absolute atomic E-state index is 5.60. The van der Waals surface area contributed by atoms with Gasteiger partial charge in [-0.1, -0.05) is 169 Å². The van der Waals surface area contributed by atoms with Crippen LogP contribution in [0.4, 0.5) is 5.69 Å². The van der Waals surface area contributed by atoms with Crippen LogP contribution in [0.1, 0.15) is 35.4 Å². The Morgan fingerprint density at radius 3 is 1.75 bits per heavy atom. The second-order valence-electron chi connectivity index (χ2n) is 12.8. The lowest BCUT2D eigenvalue weighted by Gasteiger charge is -2.05. The van der Waals surface area contributed by atoms with Crippen LogP contribution in [0.15, 0.2) is 180 Å². The Labute approximate surface area is 340 Å². The van der Waals surface area contributed by atoms with E-state index in [9.17, 15) is 0 Å². The number of thiophene rings is 2. The number of rotatable bonds is 4. The van der Waals surface area contributed by atoms with E-state index in [0.29, 0.717) is 0 Å². The normalized spacial score (nSPS) is 11.0. The molecule has 0 unspecified atom stereocenters. The highest BCUT2D eigenvalue weighted by atomic mass is 79.9. The Bertz CT molecular complexity index is 2690. The molecule has 0 saturated heterocycles. The van der Waals surface area contributed by atoms with Crippen LogP contribution in [-0.4, -0.2) is 0 Å². The van der Waals surface area contributed by atoms with Crippen LogP contribution in [-0.2, 0) is 6.42 Å². The van der Waals surface area contributed by atoms with E-state index in [1.54, 1.807) is 0 Å². The van der Waals surface area contributed by atoms with Crippen molar-refractivity contribution in [2.45, 2.75) is 20.3 Å². The summed E-state index contributed by atoms with van der Waals surface area (Å²) in [5, 5.41) is 4.07. The zero-order chi connectivity index (χ0) is 38.0. The van der Waals surface area contributed by atoms with E-state index in [0.717, 1.165) is 16.6 Å². The Kier molecular flexibility index (Phi) is 12.4. The van der Waals surface area contributed by atoms with Gasteiger partial charge in [0.25, 0.3) is 0 Å². The van der Waals surface area contributed by atoms with Gasteiger partial charge in [0.05, 0.1) is 10.8 Å². The van der Waals surface area contributed by atoms with Crippen LogP contribution < -0.4 is 5.73 Å². The maximum atomic E-state index is 5.60. The predicted molar refractivity (Wildman–Crippen MR) is 248 cm³/mol. The summed E-state index contributed by atoms with van der Waals surface area (Å²) in [5.74, 6) is 0. The van der Waals surface area contributed by atoms with Crippen LogP contribution in [0.2, 0.25) is 0 Å². The van der Waals surface area contributed by atoms with Gasteiger partial charge in [-0.3, -0.25) is 0 Å². The molecule has 0 bridgehead atoms. The Balaban J connectivity index is 0.000000135. The highest BCUT2D eigenvalue weighted by molar-refractivity contribution is 9.10. The SMILES string of the molecule is Brc1ccc2c3c(sc2c1)C=[C+]C=C3.CC.Nc1ccc(-c2ccccc2)cc1.c1ccc(-c2ccc(Cc3ccc4c(c3)sc3ccccc34)cc2)cc1. The molecule has 0 radical (unpaired) electrons. The lowest BCUT2D eigenvalue weighted by molar-refractivity contribution is 1.20. The standard InChI is InChI=1S/C25H18S.C12H6BrS.C12H11N.C2H6/c1-2-6-20(7-3-1)21-13-10-18(11-14-21)16-19-12-15-23-22-8-4-5-9-24(22)26-25(23)17-19;13-8-5-6-10-9-3-1-2-4-11(9)14-12(10)7-8;13-12-8-6-11(7-9-12)10-4-2-1-3-5-10;1-2/h1-15,17H,16H2;1,3-7H;1-9H,13H2;1-2H3/q;+1;;. The Morgan fingerprint density at radius 1 is 0.509 bits per heavy atom. The van der Waals surface area contributed by atoms with Gasteiger partial charge in [0, 0.05) is 41.8 Å². The molecule has 0 amide bonds. The molecule has 1 aliphatic rings. The number of hydrogen-bond acceptors (Lipinski definition) is 3. The molecule has 268 valence electrons. The van der Waals surface area contributed by atoms with Crippen molar-refractivity contribution in [1.29, 1.82) is 0 Å². The molecule has 0 aliphatic heterocycles. The average molecular weight is 812 g/mol. The lowest BCUT2D eigenvalue weighted by atomic mass is 10.00. The molecule has 0 atom stereocenters. The molecule has 2 aromatic heterocycles. The molecule has 1 aliphatic carbocycles. The largest absolute Gasteiger partial charge is 0.399 e. The van der Waals surface area contributed by atoms with Crippen LogP contribution in [0.5, 0.6) is 0 Å². The number of nitrogen functional groups attached to an aromatic ring is 1. The van der Waals surface area contributed by atoms with Gasteiger partial charge in [-0.15, -0.1) is 11.3 Å². The van der Waals surface area contributed by atoms with Gasteiger partial charge in [0.2, 0.25) is 0 Å². The summed E-state index contributed by atoms with van der Waals surface area (Å²) in [5.41, 5.74) is 15.4. The first kappa shape index (κ1) is 37.7. The number of benzene rings is 7. The van der Waals surface area contributed by atoms with Crippen LogP contribution >= 0.6 is 38.6 Å². The second kappa shape index (κ2) is 18.1. The van der Waals surface area contributed by atoms with Gasteiger partial charge < -0.3 is 5.73 Å². The lowest BCUT2D eigenvalue weighted by Crippen LogP contribution is -1.88. The quantitative estimate of drug-likeness (QED) is 0.139. The summed E-state index contributed by atoms with van der Waals surface area (Å²) in [6, 6.07) is 59.6. The molecule has 55 heavy (non-hydrogen) atoms. The van der Waals surface area contributed by atoms with E-state index >= 15 is 0 Å². The smallest absolute Gasteiger partial charge is 0.148 e. The van der Waals surface area contributed by atoms with E-state index in [2.05, 4.69) is 155 Å². The number of anilines is 1.